The smallest absolute Gasteiger partial charge is 0.387 e. The molecular weight excluding hydrogens is 398 g/mol. The molecule has 0 fully saturated rings. The highest BCUT2D eigenvalue weighted by Gasteiger charge is 2.08. The van der Waals surface area contributed by atoms with E-state index in [-0.39, 0.29) is 5.75 Å². The van der Waals surface area contributed by atoms with Crippen LogP contribution in [-0.4, -0.2) is 11.7 Å². The quantitative estimate of drug-likeness (QED) is 0.589. The number of benzene rings is 2. The number of rotatable bonds is 5. The third-order valence-corrected chi connectivity index (χ3v) is 4.09. The number of anilines is 2. The van der Waals surface area contributed by atoms with E-state index in [2.05, 4.69) is 45.1 Å². The Morgan fingerprint density at radius 1 is 1.12 bits per heavy atom. The van der Waals surface area contributed by atoms with Gasteiger partial charge >= 0.3 is 6.61 Å². The Hall–Kier alpha value is -1.73. The van der Waals surface area contributed by atoms with Crippen LogP contribution >= 0.6 is 28.1 Å². The molecule has 0 saturated carbocycles. The van der Waals surface area contributed by atoms with Crippen molar-refractivity contribution >= 4 is 44.6 Å². The van der Waals surface area contributed by atoms with Crippen molar-refractivity contribution in [2.24, 2.45) is 0 Å². The van der Waals surface area contributed by atoms with Gasteiger partial charge in [-0.2, -0.15) is 8.78 Å². The molecule has 24 heavy (non-hydrogen) atoms. The molecule has 0 amide bonds. The number of thiocarbonyl (C=S) groups is 1. The van der Waals surface area contributed by atoms with E-state index in [1.165, 1.54) is 17.7 Å². The minimum absolute atomic E-state index is 0.0697. The maximum absolute atomic E-state index is 12.3. The van der Waals surface area contributed by atoms with Gasteiger partial charge in [0.2, 0.25) is 0 Å². The summed E-state index contributed by atoms with van der Waals surface area (Å²) in [4.78, 5) is 0. The summed E-state index contributed by atoms with van der Waals surface area (Å²) in [6.45, 7) is 1.38. The first-order chi connectivity index (χ1) is 11.3. The van der Waals surface area contributed by atoms with E-state index < -0.39 is 6.61 Å². The van der Waals surface area contributed by atoms with E-state index in [1.54, 1.807) is 12.1 Å². The zero-order chi connectivity index (χ0) is 17.7. The Labute approximate surface area is 153 Å². The van der Waals surface area contributed by atoms with E-state index in [0.717, 1.165) is 10.2 Å². The van der Waals surface area contributed by atoms with Crippen molar-refractivity contribution < 1.29 is 13.5 Å². The maximum Gasteiger partial charge on any atom is 0.387 e. The molecule has 0 heterocycles. The lowest BCUT2D eigenvalue weighted by Gasteiger charge is -2.14. The van der Waals surface area contributed by atoms with Crippen molar-refractivity contribution in [2.75, 3.05) is 10.6 Å². The summed E-state index contributed by atoms with van der Waals surface area (Å²) in [5.74, 6) is 0.498. The molecule has 0 unspecified atom stereocenters. The second kappa shape index (κ2) is 8.39. The summed E-state index contributed by atoms with van der Waals surface area (Å²) in [7, 11) is 0. The average molecular weight is 415 g/mol. The fourth-order valence-electron chi connectivity index (χ4n) is 2.03. The Bertz CT molecular complexity index is 725. The fourth-order valence-corrected chi connectivity index (χ4v) is 2.75. The van der Waals surface area contributed by atoms with E-state index in [9.17, 15) is 8.78 Å². The molecule has 2 rings (SSSR count). The van der Waals surface area contributed by atoms with Gasteiger partial charge in [0, 0.05) is 16.2 Å². The highest BCUT2D eigenvalue weighted by Crippen LogP contribution is 2.27. The zero-order valence-electron chi connectivity index (χ0n) is 13.1. The number of hydrogen-bond acceptors (Lipinski definition) is 2. The van der Waals surface area contributed by atoms with E-state index in [4.69, 9.17) is 12.2 Å². The molecule has 7 heteroatoms. The second-order valence-corrected chi connectivity index (χ2v) is 6.64. The topological polar surface area (TPSA) is 33.3 Å². The fraction of sp³-hybridized carbons (Fsp3) is 0.235. The molecule has 0 radical (unpaired) electrons. The summed E-state index contributed by atoms with van der Waals surface area (Å²) in [5.41, 5.74) is 2.58. The molecule has 2 aromatic carbocycles. The van der Waals surface area contributed by atoms with E-state index >= 15 is 0 Å². The molecule has 0 spiro atoms. The van der Waals surface area contributed by atoms with Crippen LogP contribution in [0.1, 0.15) is 25.3 Å². The molecule has 0 aliphatic carbocycles. The van der Waals surface area contributed by atoms with Crippen molar-refractivity contribution in [3.63, 3.8) is 0 Å². The van der Waals surface area contributed by atoms with Crippen LogP contribution < -0.4 is 15.4 Å². The maximum atomic E-state index is 12.3. The Balaban J connectivity index is 2.03. The number of halogens is 3. The van der Waals surface area contributed by atoms with E-state index in [0.29, 0.717) is 16.7 Å². The van der Waals surface area contributed by atoms with Crippen LogP contribution in [0.3, 0.4) is 0 Å². The Morgan fingerprint density at radius 2 is 1.88 bits per heavy atom. The van der Waals surface area contributed by atoms with Crippen LogP contribution in [0.2, 0.25) is 0 Å². The summed E-state index contributed by atoms with van der Waals surface area (Å²) in [6.07, 6.45) is 0. The standard InChI is InChI=1S/C17H17BrF2N2OS/c1-10(2)11-6-7-15(14(18)8-11)22-17(24)21-12-4-3-5-13(9-12)23-16(19)20/h3-10,16H,1-2H3,(H2,21,22,24). The third-order valence-electron chi connectivity index (χ3n) is 3.23. The lowest BCUT2D eigenvalue weighted by atomic mass is 10.0. The lowest BCUT2D eigenvalue weighted by molar-refractivity contribution is -0.0497. The molecule has 0 saturated heterocycles. The molecular formula is C17H17BrF2N2OS. The van der Waals surface area contributed by atoms with Gasteiger partial charge in [0.25, 0.3) is 0 Å². The Kier molecular flexibility index (Phi) is 6.51. The predicted octanol–water partition coefficient (Wildman–Crippen LogP) is 5.98. The second-order valence-electron chi connectivity index (χ2n) is 5.38. The lowest BCUT2D eigenvalue weighted by Crippen LogP contribution is -2.19. The van der Waals surface area contributed by atoms with Crippen molar-refractivity contribution in [2.45, 2.75) is 26.4 Å². The van der Waals surface area contributed by atoms with Gasteiger partial charge in [-0.3, -0.25) is 0 Å². The molecule has 0 bridgehead atoms. The highest BCUT2D eigenvalue weighted by molar-refractivity contribution is 9.10. The molecule has 2 N–H and O–H groups in total. The first-order valence-corrected chi connectivity index (χ1v) is 8.47. The van der Waals surface area contributed by atoms with Crippen LogP contribution in [0, 0.1) is 0 Å². The van der Waals surface area contributed by atoms with Crippen molar-refractivity contribution in [1.29, 1.82) is 0 Å². The summed E-state index contributed by atoms with van der Waals surface area (Å²) in [5, 5.41) is 6.36. The monoisotopic (exact) mass is 414 g/mol. The number of alkyl halides is 2. The zero-order valence-corrected chi connectivity index (χ0v) is 15.5. The minimum Gasteiger partial charge on any atom is -0.435 e. The van der Waals surface area contributed by atoms with Crippen LogP contribution in [0.15, 0.2) is 46.9 Å². The largest absolute Gasteiger partial charge is 0.435 e. The molecule has 2 aromatic rings. The minimum atomic E-state index is -2.86. The third kappa shape index (κ3) is 5.42. The van der Waals surface area contributed by atoms with Gasteiger partial charge in [0.05, 0.1) is 5.69 Å². The predicted molar refractivity (Wildman–Crippen MR) is 101 cm³/mol. The molecule has 0 atom stereocenters. The van der Waals surface area contributed by atoms with Crippen LogP contribution in [0.25, 0.3) is 0 Å². The van der Waals surface area contributed by atoms with Crippen LogP contribution in [0.4, 0.5) is 20.2 Å². The SMILES string of the molecule is CC(C)c1ccc(NC(=S)Nc2cccc(OC(F)F)c2)c(Br)c1. The van der Waals surface area contributed by atoms with Gasteiger partial charge in [0.15, 0.2) is 5.11 Å². The van der Waals surface area contributed by atoms with Crippen molar-refractivity contribution in [1.82, 2.24) is 0 Å². The van der Waals surface area contributed by atoms with Gasteiger partial charge in [-0.1, -0.05) is 26.0 Å². The number of nitrogens with one attached hydrogen (secondary N) is 2. The van der Waals surface area contributed by atoms with Gasteiger partial charge in [-0.05, 0) is 63.9 Å². The first-order valence-electron chi connectivity index (χ1n) is 7.27. The Morgan fingerprint density at radius 3 is 2.50 bits per heavy atom. The number of ether oxygens (including phenoxy) is 1. The normalized spacial score (nSPS) is 10.8. The van der Waals surface area contributed by atoms with E-state index in [1.807, 2.05) is 18.2 Å². The summed E-state index contributed by atoms with van der Waals surface area (Å²) < 4.78 is 29.8. The summed E-state index contributed by atoms with van der Waals surface area (Å²) >= 11 is 8.78. The molecule has 0 aliphatic rings. The number of hydrogen-bond donors (Lipinski definition) is 2. The van der Waals surface area contributed by atoms with Gasteiger partial charge < -0.3 is 15.4 Å². The highest BCUT2D eigenvalue weighted by atomic mass is 79.9. The van der Waals surface area contributed by atoms with Crippen LogP contribution in [0.5, 0.6) is 5.75 Å². The average Bonchev–Trinajstić information content (AvgIpc) is 2.48. The summed E-state index contributed by atoms with van der Waals surface area (Å²) in [6, 6.07) is 12.2. The molecule has 0 aromatic heterocycles. The van der Waals surface area contributed by atoms with Gasteiger partial charge in [0.1, 0.15) is 5.75 Å². The van der Waals surface area contributed by atoms with Gasteiger partial charge in [-0.25, -0.2) is 0 Å². The van der Waals surface area contributed by atoms with Crippen molar-refractivity contribution in [3.8, 4) is 5.75 Å². The van der Waals surface area contributed by atoms with Crippen LogP contribution in [-0.2, 0) is 0 Å². The van der Waals surface area contributed by atoms with Crippen molar-refractivity contribution in [3.05, 3.63) is 52.5 Å². The molecule has 3 nitrogen and oxygen atoms in total. The first kappa shape index (κ1) is 18.6. The molecule has 128 valence electrons. The van der Waals surface area contributed by atoms with Gasteiger partial charge in [-0.15, -0.1) is 0 Å². The molecule has 0 aliphatic heterocycles.